The van der Waals surface area contributed by atoms with E-state index < -0.39 is 11.0 Å². The zero-order valence-electron chi connectivity index (χ0n) is 18.8. The highest BCUT2D eigenvalue weighted by molar-refractivity contribution is 5.82. The summed E-state index contributed by atoms with van der Waals surface area (Å²) < 4.78 is 6.01. The summed E-state index contributed by atoms with van der Waals surface area (Å²) in [4.78, 5) is 24.3. The van der Waals surface area contributed by atoms with Gasteiger partial charge in [-0.2, -0.15) is 0 Å². The summed E-state index contributed by atoms with van der Waals surface area (Å²) in [7, 11) is 0. The summed E-state index contributed by atoms with van der Waals surface area (Å²) >= 11 is 0. The Morgan fingerprint density at radius 2 is 1.38 bits per heavy atom. The molecule has 0 unspecified atom stereocenters. The highest BCUT2D eigenvalue weighted by Crippen LogP contribution is 2.23. The van der Waals surface area contributed by atoms with E-state index in [0.29, 0.717) is 26.0 Å². The minimum atomic E-state index is -0.611. The molecule has 0 fully saturated rings. The molecule has 0 aromatic heterocycles. The number of hydrogen-bond acceptors (Lipinski definition) is 3. The van der Waals surface area contributed by atoms with Crippen molar-refractivity contribution >= 4 is 11.8 Å². The molecular weight excluding hydrogens is 328 g/mol. The highest BCUT2D eigenvalue weighted by atomic mass is 16.5. The van der Waals surface area contributed by atoms with Crippen LogP contribution in [0.25, 0.3) is 0 Å². The van der Waals surface area contributed by atoms with E-state index in [9.17, 15) is 9.59 Å². The Hall–Kier alpha value is -1.10. The lowest BCUT2D eigenvalue weighted by atomic mass is 9.90. The molecule has 0 atom stereocenters. The van der Waals surface area contributed by atoms with Crippen LogP contribution >= 0.6 is 0 Å². The van der Waals surface area contributed by atoms with E-state index in [4.69, 9.17) is 4.74 Å². The van der Waals surface area contributed by atoms with Crippen LogP contribution in [0.1, 0.15) is 88.5 Å². The molecule has 0 aliphatic carbocycles. The van der Waals surface area contributed by atoms with Crippen molar-refractivity contribution in [2.24, 2.45) is 10.8 Å². The van der Waals surface area contributed by atoms with E-state index in [1.165, 1.54) is 0 Å². The third-order valence-electron chi connectivity index (χ3n) is 4.08. The Morgan fingerprint density at radius 1 is 0.846 bits per heavy atom. The van der Waals surface area contributed by atoms with Crippen molar-refractivity contribution in [1.29, 1.82) is 0 Å². The first-order valence-electron chi connectivity index (χ1n) is 9.67. The largest absolute Gasteiger partial charge is 0.374 e. The molecule has 2 N–H and O–H groups in total. The van der Waals surface area contributed by atoms with Crippen LogP contribution in [0, 0.1) is 10.8 Å². The van der Waals surface area contributed by atoms with Gasteiger partial charge in [-0.1, -0.05) is 20.8 Å². The molecule has 154 valence electrons. The van der Waals surface area contributed by atoms with Crippen molar-refractivity contribution in [1.82, 2.24) is 10.6 Å². The van der Waals surface area contributed by atoms with Gasteiger partial charge in [0.1, 0.15) is 0 Å². The summed E-state index contributed by atoms with van der Waals surface area (Å²) in [6.07, 6.45) is 2.12. The van der Waals surface area contributed by atoms with Gasteiger partial charge in [0.25, 0.3) is 0 Å². The van der Waals surface area contributed by atoms with Crippen LogP contribution in [-0.4, -0.2) is 36.1 Å². The van der Waals surface area contributed by atoms with Crippen molar-refractivity contribution in [3.8, 4) is 0 Å². The second-order valence-electron chi connectivity index (χ2n) is 10.8. The molecule has 0 aliphatic heterocycles. The Bertz CT molecular complexity index is 469. The number of ether oxygens (including phenoxy) is 1. The number of rotatable bonds is 9. The molecule has 26 heavy (non-hydrogen) atoms. The minimum Gasteiger partial charge on any atom is -0.374 e. The van der Waals surface area contributed by atoms with Gasteiger partial charge in [0, 0.05) is 18.5 Å². The third kappa shape index (κ3) is 12.3. The van der Waals surface area contributed by atoms with Crippen molar-refractivity contribution in [2.75, 3.05) is 13.2 Å². The van der Waals surface area contributed by atoms with E-state index in [-0.39, 0.29) is 22.8 Å². The van der Waals surface area contributed by atoms with Gasteiger partial charge in [0.05, 0.1) is 17.6 Å². The van der Waals surface area contributed by atoms with Crippen LogP contribution in [0.5, 0.6) is 0 Å². The van der Waals surface area contributed by atoms with Crippen molar-refractivity contribution in [2.45, 2.75) is 99.6 Å². The summed E-state index contributed by atoms with van der Waals surface area (Å²) in [5.74, 6) is 0.0666. The molecule has 0 aromatic rings. The fourth-order valence-corrected chi connectivity index (χ4v) is 2.10. The molecule has 0 aliphatic rings. The maximum atomic E-state index is 12.4. The quantitative estimate of drug-likeness (QED) is 0.643. The monoisotopic (exact) mass is 370 g/mol. The SMILES string of the molecule is CC(C)(C)CCC(=O)NCCC(C)(C)OCC(C)(C)C(=O)NC(C)(C)C. The van der Waals surface area contributed by atoms with E-state index in [2.05, 4.69) is 31.4 Å². The van der Waals surface area contributed by atoms with E-state index in [0.717, 1.165) is 6.42 Å². The fraction of sp³-hybridized carbons (Fsp3) is 0.905. The first-order valence-corrected chi connectivity index (χ1v) is 9.67. The van der Waals surface area contributed by atoms with E-state index >= 15 is 0 Å². The number of carbonyl (C=O) groups excluding carboxylic acids is 2. The lowest BCUT2D eigenvalue weighted by Crippen LogP contribution is -2.49. The summed E-state index contributed by atoms with van der Waals surface area (Å²) in [5, 5.41) is 5.97. The molecule has 0 rings (SSSR count). The van der Waals surface area contributed by atoms with Crippen LogP contribution < -0.4 is 10.6 Å². The molecule has 2 amide bonds. The third-order valence-corrected chi connectivity index (χ3v) is 4.08. The first-order chi connectivity index (χ1) is 11.4. The maximum Gasteiger partial charge on any atom is 0.228 e. The van der Waals surface area contributed by atoms with Crippen molar-refractivity contribution in [3.63, 3.8) is 0 Å². The summed E-state index contributed by atoms with van der Waals surface area (Å²) in [6, 6.07) is 0. The van der Waals surface area contributed by atoms with Gasteiger partial charge in [-0.15, -0.1) is 0 Å². The molecule has 5 heteroatoms. The van der Waals surface area contributed by atoms with Gasteiger partial charge in [0.2, 0.25) is 11.8 Å². The van der Waals surface area contributed by atoms with Crippen LogP contribution in [-0.2, 0) is 14.3 Å². The molecule has 0 saturated carbocycles. The molecule has 0 spiro atoms. The molecule has 0 radical (unpaired) electrons. The zero-order chi connectivity index (χ0) is 20.8. The number of hydrogen-bond donors (Lipinski definition) is 2. The van der Waals surface area contributed by atoms with Crippen molar-refractivity contribution in [3.05, 3.63) is 0 Å². The van der Waals surface area contributed by atoms with Gasteiger partial charge in [-0.25, -0.2) is 0 Å². The minimum absolute atomic E-state index is 0.0173. The lowest BCUT2D eigenvalue weighted by molar-refractivity contribution is -0.138. The van der Waals surface area contributed by atoms with Crippen LogP contribution in [0.15, 0.2) is 0 Å². The fourth-order valence-electron chi connectivity index (χ4n) is 2.10. The first kappa shape index (κ1) is 24.9. The second-order valence-corrected chi connectivity index (χ2v) is 10.8. The van der Waals surface area contributed by atoms with E-state index in [1.54, 1.807) is 0 Å². The average Bonchev–Trinajstić information content (AvgIpc) is 2.40. The molecular formula is C21H42N2O3. The topological polar surface area (TPSA) is 67.4 Å². The van der Waals surface area contributed by atoms with Gasteiger partial charge in [-0.3, -0.25) is 9.59 Å². The van der Waals surface area contributed by atoms with Gasteiger partial charge < -0.3 is 15.4 Å². The predicted octanol–water partition coefficient (Wildman–Crippen LogP) is 4.06. The Kier molecular flexibility index (Phi) is 8.82. The average molecular weight is 371 g/mol. The molecule has 0 saturated heterocycles. The van der Waals surface area contributed by atoms with Crippen LogP contribution in [0.4, 0.5) is 0 Å². The van der Waals surface area contributed by atoms with Gasteiger partial charge in [0.15, 0.2) is 0 Å². The normalized spacial score (nSPS) is 13.5. The molecule has 0 aromatic carbocycles. The summed E-state index contributed by atoms with van der Waals surface area (Å²) in [6.45, 7) is 21.0. The smallest absolute Gasteiger partial charge is 0.228 e. The molecule has 5 nitrogen and oxygen atoms in total. The van der Waals surface area contributed by atoms with Gasteiger partial charge in [-0.05, 0) is 66.7 Å². The van der Waals surface area contributed by atoms with Crippen LogP contribution in [0.2, 0.25) is 0 Å². The van der Waals surface area contributed by atoms with E-state index in [1.807, 2.05) is 48.5 Å². The maximum absolute atomic E-state index is 12.4. The second kappa shape index (κ2) is 9.20. The van der Waals surface area contributed by atoms with Gasteiger partial charge >= 0.3 is 0 Å². The van der Waals surface area contributed by atoms with Crippen LogP contribution in [0.3, 0.4) is 0 Å². The molecule has 0 bridgehead atoms. The summed E-state index contributed by atoms with van der Waals surface area (Å²) in [5.41, 5.74) is -1.11. The number of carbonyl (C=O) groups is 2. The Balaban J connectivity index is 4.32. The zero-order valence-corrected chi connectivity index (χ0v) is 18.8. The molecule has 0 heterocycles. The standard InChI is InChI=1S/C21H42N2O3/c1-18(2,3)12-11-16(24)22-14-13-21(9,10)26-15-20(7,8)17(25)23-19(4,5)6/h11-15H2,1-10H3,(H,22,24)(H,23,25). The Morgan fingerprint density at radius 3 is 1.85 bits per heavy atom. The number of nitrogens with one attached hydrogen (secondary N) is 2. The number of amides is 2. The highest BCUT2D eigenvalue weighted by Gasteiger charge is 2.33. The Labute approximate surface area is 161 Å². The predicted molar refractivity (Wildman–Crippen MR) is 108 cm³/mol. The lowest BCUT2D eigenvalue weighted by Gasteiger charge is -2.33. The van der Waals surface area contributed by atoms with Crippen molar-refractivity contribution < 1.29 is 14.3 Å².